The maximum Gasteiger partial charge on any atom is 0.249 e. The number of nitrogens with one attached hydrogen (secondary N) is 1. The van der Waals surface area contributed by atoms with E-state index in [2.05, 4.69) is 27.7 Å². The van der Waals surface area contributed by atoms with Crippen LogP contribution in [0, 0.1) is 5.92 Å². The monoisotopic (exact) mass is 334 g/mol. The van der Waals surface area contributed by atoms with Crippen molar-refractivity contribution < 1.29 is 9.53 Å². The summed E-state index contributed by atoms with van der Waals surface area (Å²) in [7, 11) is 0. The molecule has 1 N–H and O–H groups in total. The zero-order valence-electron chi connectivity index (χ0n) is 13.6. The van der Waals surface area contributed by atoms with Gasteiger partial charge in [0.05, 0.1) is 5.60 Å². The van der Waals surface area contributed by atoms with E-state index < -0.39 is 0 Å². The Morgan fingerprint density at radius 1 is 1.30 bits per heavy atom. The quantitative estimate of drug-likeness (QED) is 0.900. The van der Waals surface area contributed by atoms with Gasteiger partial charge in [0.1, 0.15) is 6.10 Å². The van der Waals surface area contributed by atoms with Gasteiger partial charge in [-0.2, -0.15) is 0 Å². The molecule has 126 valence electrons. The standard InChI is InChI=1S/C18H26N2O2S/c21-17(19-12-14-3-4-14)16-5-6-18(22-16)7-9-20(10-8-18)13-15-2-1-11-23-15/h1-2,11,14,16H,3-10,12-13H2,(H,19,21)/t16-/m0/s1. The Bertz CT molecular complexity index is 533. The highest BCUT2D eigenvalue weighted by Gasteiger charge is 2.44. The SMILES string of the molecule is O=C(NCC1CC1)[C@@H]1CCC2(CCN(Cc3cccs3)CC2)O1. The van der Waals surface area contributed by atoms with Crippen LogP contribution in [0.5, 0.6) is 0 Å². The third kappa shape index (κ3) is 3.78. The molecule has 1 aromatic rings. The number of ether oxygens (including phenoxy) is 1. The number of hydrogen-bond acceptors (Lipinski definition) is 4. The fourth-order valence-corrected chi connectivity index (χ4v) is 4.53. The van der Waals surface area contributed by atoms with Gasteiger partial charge in [-0.05, 0) is 55.9 Å². The van der Waals surface area contributed by atoms with Crippen molar-refractivity contribution >= 4 is 17.2 Å². The summed E-state index contributed by atoms with van der Waals surface area (Å²) < 4.78 is 6.25. The Morgan fingerprint density at radius 3 is 2.83 bits per heavy atom. The molecule has 0 bridgehead atoms. The lowest BCUT2D eigenvalue weighted by atomic mass is 9.88. The highest BCUT2D eigenvalue weighted by molar-refractivity contribution is 7.09. The molecular weight excluding hydrogens is 308 g/mol. The van der Waals surface area contributed by atoms with Crippen LogP contribution in [-0.2, 0) is 16.1 Å². The van der Waals surface area contributed by atoms with Gasteiger partial charge in [0.25, 0.3) is 0 Å². The molecule has 1 aromatic heterocycles. The number of likely N-dealkylation sites (tertiary alicyclic amines) is 1. The van der Waals surface area contributed by atoms with E-state index >= 15 is 0 Å². The number of amides is 1. The molecule has 23 heavy (non-hydrogen) atoms. The van der Waals surface area contributed by atoms with E-state index in [1.807, 2.05) is 11.3 Å². The lowest BCUT2D eigenvalue weighted by Crippen LogP contribution is -2.45. The second kappa shape index (κ2) is 6.54. The third-order valence-electron chi connectivity index (χ3n) is 5.54. The summed E-state index contributed by atoms with van der Waals surface area (Å²) >= 11 is 1.83. The van der Waals surface area contributed by atoms with Crippen LogP contribution in [0.3, 0.4) is 0 Å². The summed E-state index contributed by atoms with van der Waals surface area (Å²) in [5.74, 6) is 0.851. The van der Waals surface area contributed by atoms with Gasteiger partial charge in [-0.1, -0.05) is 6.07 Å². The molecule has 4 nitrogen and oxygen atoms in total. The van der Waals surface area contributed by atoms with Crippen LogP contribution in [-0.4, -0.2) is 42.1 Å². The van der Waals surface area contributed by atoms with Crippen molar-refractivity contribution in [1.82, 2.24) is 10.2 Å². The first-order valence-electron chi connectivity index (χ1n) is 8.93. The van der Waals surface area contributed by atoms with Gasteiger partial charge in [-0.25, -0.2) is 0 Å². The van der Waals surface area contributed by atoms with Crippen LogP contribution in [0.2, 0.25) is 0 Å². The van der Waals surface area contributed by atoms with Gasteiger partial charge >= 0.3 is 0 Å². The fraction of sp³-hybridized carbons (Fsp3) is 0.722. The number of piperidine rings is 1. The molecule has 1 atom stereocenters. The molecule has 2 saturated heterocycles. The van der Waals surface area contributed by atoms with Gasteiger partial charge in [0, 0.05) is 31.1 Å². The number of thiophene rings is 1. The third-order valence-corrected chi connectivity index (χ3v) is 6.40. The van der Waals surface area contributed by atoms with Crippen LogP contribution in [0.15, 0.2) is 17.5 Å². The minimum atomic E-state index is -0.211. The van der Waals surface area contributed by atoms with E-state index in [1.54, 1.807) is 0 Å². The van der Waals surface area contributed by atoms with Crippen molar-refractivity contribution in [2.45, 2.75) is 56.8 Å². The Kier molecular flexibility index (Phi) is 4.43. The number of carbonyl (C=O) groups is 1. The van der Waals surface area contributed by atoms with Crippen molar-refractivity contribution in [2.24, 2.45) is 5.92 Å². The van der Waals surface area contributed by atoms with Crippen LogP contribution in [0.1, 0.15) is 43.4 Å². The maximum absolute atomic E-state index is 12.2. The van der Waals surface area contributed by atoms with Gasteiger partial charge in [-0.3, -0.25) is 9.69 Å². The molecular formula is C18H26N2O2S. The minimum absolute atomic E-state index is 0.0342. The number of nitrogens with zero attached hydrogens (tertiary/aromatic N) is 1. The average molecular weight is 334 g/mol. The van der Waals surface area contributed by atoms with Gasteiger partial charge in [-0.15, -0.1) is 11.3 Å². The number of carbonyl (C=O) groups excluding carboxylic acids is 1. The van der Waals surface area contributed by atoms with Gasteiger partial charge in [0.15, 0.2) is 0 Å². The van der Waals surface area contributed by atoms with E-state index in [4.69, 9.17) is 4.74 Å². The van der Waals surface area contributed by atoms with Crippen LogP contribution >= 0.6 is 11.3 Å². The molecule has 1 saturated carbocycles. The second-order valence-electron chi connectivity index (χ2n) is 7.37. The molecule has 1 spiro atoms. The molecule has 5 heteroatoms. The summed E-state index contributed by atoms with van der Waals surface area (Å²) in [5, 5.41) is 5.22. The minimum Gasteiger partial charge on any atom is -0.362 e. The van der Waals surface area contributed by atoms with Crippen molar-refractivity contribution in [3.8, 4) is 0 Å². The average Bonchev–Trinajstić information content (AvgIpc) is 3.08. The zero-order valence-corrected chi connectivity index (χ0v) is 14.4. The largest absolute Gasteiger partial charge is 0.362 e. The molecule has 1 aliphatic carbocycles. The summed E-state index contributed by atoms with van der Waals surface area (Å²) in [6.45, 7) is 4.06. The lowest BCUT2D eigenvalue weighted by molar-refractivity contribution is -0.140. The van der Waals surface area contributed by atoms with E-state index in [0.29, 0.717) is 0 Å². The highest BCUT2D eigenvalue weighted by atomic mass is 32.1. The number of rotatable bonds is 5. The Morgan fingerprint density at radius 2 is 2.13 bits per heavy atom. The topological polar surface area (TPSA) is 41.6 Å². The predicted molar refractivity (Wildman–Crippen MR) is 91.4 cm³/mol. The molecule has 1 amide bonds. The zero-order chi connectivity index (χ0) is 15.7. The molecule has 0 radical (unpaired) electrons. The molecule has 3 fully saturated rings. The fourth-order valence-electron chi connectivity index (χ4n) is 3.79. The highest BCUT2D eigenvalue weighted by Crippen LogP contribution is 2.39. The maximum atomic E-state index is 12.2. The van der Waals surface area contributed by atoms with Gasteiger partial charge in [0.2, 0.25) is 5.91 Å². The first kappa shape index (κ1) is 15.6. The summed E-state index contributed by atoms with van der Waals surface area (Å²) in [6, 6.07) is 4.33. The summed E-state index contributed by atoms with van der Waals surface area (Å²) in [6.07, 6.45) is 6.39. The molecule has 3 heterocycles. The predicted octanol–water partition coefficient (Wildman–Crippen LogP) is 2.79. The van der Waals surface area contributed by atoms with Crippen LogP contribution in [0.4, 0.5) is 0 Å². The van der Waals surface area contributed by atoms with E-state index in [1.165, 1.54) is 17.7 Å². The van der Waals surface area contributed by atoms with E-state index in [0.717, 1.165) is 57.8 Å². The van der Waals surface area contributed by atoms with Crippen molar-refractivity contribution in [1.29, 1.82) is 0 Å². The molecule has 3 aliphatic rings. The Balaban J connectivity index is 1.25. The van der Waals surface area contributed by atoms with Crippen molar-refractivity contribution in [3.63, 3.8) is 0 Å². The lowest BCUT2D eigenvalue weighted by Gasteiger charge is -2.38. The molecule has 4 rings (SSSR count). The van der Waals surface area contributed by atoms with Crippen molar-refractivity contribution in [2.75, 3.05) is 19.6 Å². The number of hydrogen-bond donors (Lipinski definition) is 1. The van der Waals surface area contributed by atoms with Crippen molar-refractivity contribution in [3.05, 3.63) is 22.4 Å². The van der Waals surface area contributed by atoms with Gasteiger partial charge < -0.3 is 10.1 Å². The van der Waals surface area contributed by atoms with Crippen LogP contribution < -0.4 is 5.32 Å². The van der Waals surface area contributed by atoms with Crippen LogP contribution in [0.25, 0.3) is 0 Å². The summed E-state index contributed by atoms with van der Waals surface area (Å²) in [5.41, 5.74) is -0.0342. The summed E-state index contributed by atoms with van der Waals surface area (Å²) in [4.78, 5) is 16.2. The molecule has 0 aromatic carbocycles. The van der Waals surface area contributed by atoms with E-state index in [9.17, 15) is 4.79 Å². The first-order valence-corrected chi connectivity index (χ1v) is 9.81. The second-order valence-corrected chi connectivity index (χ2v) is 8.40. The Hall–Kier alpha value is -0.910. The van der Waals surface area contributed by atoms with E-state index in [-0.39, 0.29) is 17.6 Å². The smallest absolute Gasteiger partial charge is 0.249 e. The molecule has 0 unspecified atom stereocenters. The molecule has 2 aliphatic heterocycles. The first-order chi connectivity index (χ1) is 11.2. The normalized spacial score (nSPS) is 27.4. The Labute approximate surface area is 142 Å².